The second kappa shape index (κ2) is 10.6. The lowest BCUT2D eigenvalue weighted by molar-refractivity contribution is -0.633. The smallest absolute Gasteiger partial charge is 0.207 e. The van der Waals surface area contributed by atoms with E-state index < -0.39 is 0 Å². The number of benzene rings is 5. The Labute approximate surface area is 252 Å². The molecule has 208 valence electrons. The van der Waals surface area contributed by atoms with Crippen LogP contribution in [0.15, 0.2) is 127 Å². The molecule has 2 aromatic heterocycles. The molecule has 0 saturated carbocycles. The fourth-order valence-corrected chi connectivity index (χ4v) is 6.49. The van der Waals surface area contributed by atoms with Crippen molar-refractivity contribution in [2.75, 3.05) is 0 Å². The first-order chi connectivity index (χ1) is 20.9. The van der Waals surface area contributed by atoms with Crippen molar-refractivity contribution in [2.45, 2.75) is 13.8 Å². The van der Waals surface area contributed by atoms with Gasteiger partial charge in [-0.3, -0.25) is 0 Å². The van der Waals surface area contributed by atoms with E-state index in [9.17, 15) is 4.39 Å². The third-order valence-corrected chi connectivity index (χ3v) is 8.76. The number of hydrogen-bond acceptors (Lipinski definition) is 0. The summed E-state index contributed by atoms with van der Waals surface area (Å²) in [4.78, 5) is 0. The number of nitrogens with zero attached hydrogens (tertiary/aromatic N) is 2. The van der Waals surface area contributed by atoms with Crippen LogP contribution in [0.1, 0.15) is 11.1 Å². The van der Waals surface area contributed by atoms with Crippen molar-refractivity contribution in [1.82, 2.24) is 0 Å². The number of aryl methyl sites for hydroxylation is 4. The Balaban J connectivity index is 1.45. The van der Waals surface area contributed by atoms with Crippen LogP contribution < -0.4 is 9.13 Å². The van der Waals surface area contributed by atoms with Gasteiger partial charge in [0.05, 0.1) is 16.5 Å². The van der Waals surface area contributed by atoms with Crippen molar-refractivity contribution < 1.29 is 13.5 Å². The van der Waals surface area contributed by atoms with Crippen LogP contribution in [-0.4, -0.2) is 0 Å². The Morgan fingerprint density at radius 1 is 0.488 bits per heavy atom. The molecule has 2 heterocycles. The van der Waals surface area contributed by atoms with E-state index in [0.717, 1.165) is 38.9 Å². The monoisotopic (exact) mass is 560 g/mol. The highest BCUT2D eigenvalue weighted by Crippen LogP contribution is 2.36. The molecule has 5 aromatic carbocycles. The van der Waals surface area contributed by atoms with Crippen molar-refractivity contribution in [3.63, 3.8) is 0 Å². The predicted molar refractivity (Wildman–Crippen MR) is 175 cm³/mol. The molecule has 0 amide bonds. The molecule has 0 aliphatic rings. The highest BCUT2D eigenvalue weighted by Gasteiger charge is 2.22. The summed E-state index contributed by atoms with van der Waals surface area (Å²) >= 11 is 0. The average molecular weight is 561 g/mol. The minimum atomic E-state index is -0.227. The third kappa shape index (κ3) is 4.58. The largest absolute Gasteiger partial charge is 0.220 e. The number of hydrogen-bond donors (Lipinski definition) is 0. The van der Waals surface area contributed by atoms with Crippen molar-refractivity contribution in [1.29, 1.82) is 0 Å². The second-order valence-corrected chi connectivity index (χ2v) is 11.4. The molecule has 0 fully saturated rings. The van der Waals surface area contributed by atoms with E-state index in [-0.39, 0.29) is 5.82 Å². The van der Waals surface area contributed by atoms with E-state index in [0.29, 0.717) is 0 Å². The van der Waals surface area contributed by atoms with Gasteiger partial charge in [0.2, 0.25) is 22.4 Å². The first-order valence-corrected chi connectivity index (χ1v) is 14.7. The first kappa shape index (κ1) is 26.7. The number of fused-ring (bicyclic) bond motifs is 2. The Hall–Kier alpha value is -5.15. The molecule has 3 heteroatoms. The van der Waals surface area contributed by atoms with Gasteiger partial charge in [0.25, 0.3) is 0 Å². The first-order valence-electron chi connectivity index (χ1n) is 14.7. The Morgan fingerprint density at radius 3 is 2.02 bits per heavy atom. The highest BCUT2D eigenvalue weighted by atomic mass is 19.1. The molecule has 0 N–H and O–H groups in total. The Kier molecular flexibility index (Phi) is 6.59. The normalized spacial score (nSPS) is 11.4. The summed E-state index contributed by atoms with van der Waals surface area (Å²) < 4.78 is 18.8. The molecule has 0 spiro atoms. The second-order valence-electron chi connectivity index (χ2n) is 11.4. The summed E-state index contributed by atoms with van der Waals surface area (Å²) in [5.74, 6) is -0.227. The minimum Gasteiger partial charge on any atom is -0.207 e. The fraction of sp³-hybridized carbons (Fsp3) is 0.100. The zero-order valence-electron chi connectivity index (χ0n) is 24.9. The maximum atomic E-state index is 14.3. The third-order valence-electron chi connectivity index (χ3n) is 8.76. The van der Waals surface area contributed by atoms with Crippen LogP contribution >= 0.6 is 0 Å². The fourth-order valence-electron chi connectivity index (χ4n) is 6.49. The number of rotatable bonds is 4. The molecule has 0 unspecified atom stereocenters. The van der Waals surface area contributed by atoms with Gasteiger partial charge in [-0.2, -0.15) is 9.13 Å². The molecular formula is C40H33FN2+2. The quantitative estimate of drug-likeness (QED) is 0.190. The molecule has 43 heavy (non-hydrogen) atoms. The molecule has 7 rings (SSSR count). The van der Waals surface area contributed by atoms with Gasteiger partial charge in [-0.15, -0.1) is 0 Å². The van der Waals surface area contributed by atoms with Gasteiger partial charge in [0, 0.05) is 34.7 Å². The van der Waals surface area contributed by atoms with Crippen LogP contribution in [0, 0.1) is 19.7 Å². The molecule has 0 bridgehead atoms. The van der Waals surface area contributed by atoms with Gasteiger partial charge >= 0.3 is 0 Å². The highest BCUT2D eigenvalue weighted by molar-refractivity contribution is 5.97. The number of para-hydroxylation sites is 2. The van der Waals surface area contributed by atoms with Crippen molar-refractivity contribution in [3.8, 4) is 44.8 Å². The van der Waals surface area contributed by atoms with Gasteiger partial charge in [0.15, 0.2) is 0 Å². The zero-order valence-corrected chi connectivity index (χ0v) is 24.9. The van der Waals surface area contributed by atoms with E-state index in [2.05, 4.69) is 139 Å². The van der Waals surface area contributed by atoms with Crippen LogP contribution in [-0.2, 0) is 14.1 Å². The van der Waals surface area contributed by atoms with E-state index >= 15 is 0 Å². The summed E-state index contributed by atoms with van der Waals surface area (Å²) in [5, 5.41) is 2.36. The summed E-state index contributed by atoms with van der Waals surface area (Å²) in [6.45, 7) is 4.20. The van der Waals surface area contributed by atoms with Crippen LogP contribution in [0.2, 0.25) is 0 Å². The summed E-state index contributed by atoms with van der Waals surface area (Å²) in [5.41, 5.74) is 13.6. The van der Waals surface area contributed by atoms with Gasteiger partial charge in [-0.25, -0.2) is 4.39 Å². The van der Waals surface area contributed by atoms with Crippen LogP contribution in [0.5, 0.6) is 0 Å². The maximum Gasteiger partial charge on any atom is 0.220 e. The van der Waals surface area contributed by atoms with Crippen LogP contribution in [0.3, 0.4) is 0 Å². The maximum absolute atomic E-state index is 14.3. The average Bonchev–Trinajstić information content (AvgIpc) is 3.03. The summed E-state index contributed by atoms with van der Waals surface area (Å²) in [7, 11) is 4.23. The molecular weight excluding hydrogens is 527 g/mol. The number of aromatic nitrogens is 2. The Morgan fingerprint density at radius 2 is 1.19 bits per heavy atom. The van der Waals surface area contributed by atoms with E-state index in [1.54, 1.807) is 6.07 Å². The SMILES string of the molecule is Cc1ccccc1-c1cc(-c2cccc(-c3cccc4ccc(-c5cc(F)ccc5C)[n+](C)c34)c2)c2ccccc2[n+]1C. The van der Waals surface area contributed by atoms with Gasteiger partial charge < -0.3 is 0 Å². The molecule has 0 aliphatic carbocycles. The molecule has 2 nitrogen and oxygen atoms in total. The molecule has 0 aliphatic heterocycles. The van der Waals surface area contributed by atoms with Gasteiger partial charge in [0.1, 0.15) is 19.9 Å². The lowest BCUT2D eigenvalue weighted by Gasteiger charge is -2.13. The standard InChI is InChI=1S/C40H33FN2/c1-26-11-5-6-15-32(26)39-25-36(34-16-7-8-18-37(34)42(39)3)30-14-9-13-29(23-30)33-17-10-12-28-20-22-38(43(4)40(28)33)35-24-31(41)21-19-27(35)2/h5-25H,1-4H3/q+2. The molecule has 0 saturated heterocycles. The van der Waals surface area contributed by atoms with Crippen molar-refractivity contribution in [2.24, 2.45) is 14.1 Å². The number of halogens is 1. The summed E-state index contributed by atoms with van der Waals surface area (Å²) in [6, 6.07) is 44.1. The lowest BCUT2D eigenvalue weighted by atomic mass is 9.93. The van der Waals surface area contributed by atoms with E-state index in [1.165, 1.54) is 44.9 Å². The van der Waals surface area contributed by atoms with Crippen molar-refractivity contribution >= 4 is 21.8 Å². The van der Waals surface area contributed by atoms with Crippen molar-refractivity contribution in [3.05, 3.63) is 144 Å². The molecule has 0 radical (unpaired) electrons. The lowest BCUT2D eigenvalue weighted by Crippen LogP contribution is -2.32. The topological polar surface area (TPSA) is 7.76 Å². The van der Waals surface area contributed by atoms with E-state index in [4.69, 9.17) is 0 Å². The van der Waals surface area contributed by atoms with Crippen LogP contribution in [0.25, 0.3) is 66.6 Å². The minimum absolute atomic E-state index is 0.227. The predicted octanol–water partition coefficient (Wildman–Crippen LogP) is 9.07. The van der Waals surface area contributed by atoms with Gasteiger partial charge in [-0.05, 0) is 84.6 Å². The zero-order chi connectivity index (χ0) is 29.7. The van der Waals surface area contributed by atoms with Crippen LogP contribution in [0.4, 0.5) is 4.39 Å². The van der Waals surface area contributed by atoms with Gasteiger partial charge in [-0.1, -0.05) is 60.7 Å². The molecule has 7 aromatic rings. The molecule has 0 atom stereocenters. The Bertz CT molecular complexity index is 2200. The number of pyridine rings is 2. The van der Waals surface area contributed by atoms with E-state index in [1.807, 2.05) is 13.0 Å². The summed E-state index contributed by atoms with van der Waals surface area (Å²) in [6.07, 6.45) is 0.